The first-order chi connectivity index (χ1) is 13.1. The molecule has 1 N–H and O–H groups in total. The fourth-order valence-corrected chi connectivity index (χ4v) is 4.47. The molecule has 28 heavy (non-hydrogen) atoms. The number of carbonyl (C=O) groups excluding carboxylic acids is 1. The smallest absolute Gasteiger partial charge is 0.244 e. The second-order valence-electron chi connectivity index (χ2n) is 7.68. The minimum atomic E-state index is -3.63. The molecule has 0 fully saturated rings. The monoisotopic (exact) mass is 402 g/mol. The molecule has 0 aromatic heterocycles. The largest absolute Gasteiger partial charge is 0.347 e. The lowest BCUT2D eigenvalue weighted by Crippen LogP contribution is -2.48. The lowest BCUT2D eigenvalue weighted by molar-refractivity contribution is -0.122. The summed E-state index contributed by atoms with van der Waals surface area (Å²) in [5.41, 5.74) is 2.43. The van der Waals surface area contributed by atoms with Crippen molar-refractivity contribution < 1.29 is 13.2 Å². The molecule has 0 aliphatic rings. The Balaban J connectivity index is 2.30. The van der Waals surface area contributed by atoms with E-state index < -0.39 is 16.1 Å². The van der Waals surface area contributed by atoms with Crippen molar-refractivity contribution in [1.29, 1.82) is 0 Å². The van der Waals surface area contributed by atoms with E-state index in [0.29, 0.717) is 11.6 Å². The molecule has 0 aliphatic carbocycles. The minimum Gasteiger partial charge on any atom is -0.347 e. The highest BCUT2D eigenvalue weighted by molar-refractivity contribution is 7.92. The molecule has 0 aliphatic heterocycles. The molecule has 0 spiro atoms. The van der Waals surface area contributed by atoms with E-state index in [-0.39, 0.29) is 11.9 Å². The number of nitrogens with zero attached hydrogens (tertiary/aromatic N) is 1. The predicted octanol–water partition coefficient (Wildman–Crippen LogP) is 4.05. The highest BCUT2D eigenvalue weighted by Crippen LogP contribution is 2.24. The van der Waals surface area contributed by atoms with Crippen LogP contribution in [0.5, 0.6) is 0 Å². The van der Waals surface area contributed by atoms with E-state index in [2.05, 4.69) is 19.2 Å². The van der Waals surface area contributed by atoms with Crippen LogP contribution >= 0.6 is 0 Å². The van der Waals surface area contributed by atoms with Gasteiger partial charge in [-0.1, -0.05) is 56.3 Å². The summed E-state index contributed by atoms with van der Waals surface area (Å²) >= 11 is 0. The number of hydrogen-bond donors (Lipinski definition) is 1. The quantitative estimate of drug-likeness (QED) is 0.724. The Hall–Kier alpha value is -2.34. The molecule has 1 amide bonds. The Morgan fingerprint density at radius 1 is 1.04 bits per heavy atom. The number of carbonyl (C=O) groups is 1. The lowest BCUT2D eigenvalue weighted by atomic mass is 9.96. The molecule has 2 atom stereocenters. The van der Waals surface area contributed by atoms with Crippen LogP contribution in [0.1, 0.15) is 44.4 Å². The molecule has 2 rings (SSSR count). The second kappa shape index (κ2) is 9.24. The van der Waals surface area contributed by atoms with Crippen LogP contribution < -0.4 is 9.62 Å². The first-order valence-electron chi connectivity index (χ1n) is 9.51. The van der Waals surface area contributed by atoms with Crippen LogP contribution in [0.15, 0.2) is 54.6 Å². The Morgan fingerprint density at radius 2 is 1.68 bits per heavy atom. The number of amides is 1. The topological polar surface area (TPSA) is 66.5 Å². The summed E-state index contributed by atoms with van der Waals surface area (Å²) in [7, 11) is -3.63. The maximum absolute atomic E-state index is 13.0. The molecular weight excluding hydrogens is 372 g/mol. The highest BCUT2D eigenvalue weighted by atomic mass is 32.2. The Bertz CT molecular complexity index is 895. The third-order valence-electron chi connectivity index (χ3n) is 4.57. The summed E-state index contributed by atoms with van der Waals surface area (Å²) in [6.07, 6.45) is 1.90. The van der Waals surface area contributed by atoms with Crippen LogP contribution in [0.25, 0.3) is 0 Å². The van der Waals surface area contributed by atoms with Crippen LogP contribution in [0, 0.1) is 12.8 Å². The third kappa shape index (κ3) is 5.83. The fraction of sp³-hybridized carbons (Fsp3) is 0.409. The molecule has 6 heteroatoms. The number of sulfonamides is 1. The summed E-state index contributed by atoms with van der Waals surface area (Å²) < 4.78 is 26.1. The first kappa shape index (κ1) is 22.0. The first-order valence-corrected chi connectivity index (χ1v) is 11.4. The highest BCUT2D eigenvalue weighted by Gasteiger charge is 2.30. The van der Waals surface area contributed by atoms with E-state index in [1.807, 2.05) is 43.3 Å². The van der Waals surface area contributed by atoms with Gasteiger partial charge < -0.3 is 5.32 Å². The van der Waals surface area contributed by atoms with E-state index in [0.717, 1.165) is 23.8 Å². The zero-order valence-electron chi connectivity index (χ0n) is 17.2. The second-order valence-corrected chi connectivity index (χ2v) is 9.53. The van der Waals surface area contributed by atoms with Gasteiger partial charge in [-0.15, -0.1) is 0 Å². The van der Waals surface area contributed by atoms with Crippen LogP contribution in [-0.2, 0) is 14.8 Å². The van der Waals surface area contributed by atoms with Crippen molar-refractivity contribution in [3.63, 3.8) is 0 Å². The average molecular weight is 403 g/mol. The molecule has 0 bridgehead atoms. The van der Waals surface area contributed by atoms with E-state index in [9.17, 15) is 13.2 Å². The van der Waals surface area contributed by atoms with E-state index in [4.69, 9.17) is 0 Å². The molecule has 0 saturated carbocycles. The van der Waals surface area contributed by atoms with Crippen molar-refractivity contribution in [3.05, 3.63) is 65.7 Å². The van der Waals surface area contributed by atoms with Gasteiger partial charge >= 0.3 is 0 Å². The Morgan fingerprint density at radius 3 is 2.21 bits per heavy atom. The van der Waals surface area contributed by atoms with E-state index >= 15 is 0 Å². The molecule has 2 aromatic rings. The van der Waals surface area contributed by atoms with Gasteiger partial charge in [0.25, 0.3) is 0 Å². The molecule has 152 valence electrons. The molecule has 5 nitrogen and oxygen atoms in total. The Labute approximate surface area is 168 Å². The summed E-state index contributed by atoms with van der Waals surface area (Å²) in [4.78, 5) is 13.0. The maximum Gasteiger partial charge on any atom is 0.244 e. The normalized spacial score (nSPS) is 13.8. The zero-order chi connectivity index (χ0) is 20.9. The predicted molar refractivity (Wildman–Crippen MR) is 115 cm³/mol. The SMILES string of the molecule is Cc1cccc(N(C(C)C(=O)NC(CC(C)C)c2ccccc2)S(C)(=O)=O)c1. The van der Waals surface area contributed by atoms with Crippen molar-refractivity contribution in [2.24, 2.45) is 5.92 Å². The number of rotatable bonds is 8. The van der Waals surface area contributed by atoms with Crippen molar-refractivity contribution in [1.82, 2.24) is 5.32 Å². The minimum absolute atomic E-state index is 0.171. The lowest BCUT2D eigenvalue weighted by Gasteiger charge is -2.30. The van der Waals surface area contributed by atoms with E-state index in [1.54, 1.807) is 25.1 Å². The number of nitrogens with one attached hydrogen (secondary N) is 1. The molecule has 0 heterocycles. The van der Waals surface area contributed by atoms with Gasteiger partial charge in [-0.05, 0) is 49.4 Å². The number of benzene rings is 2. The van der Waals surface area contributed by atoms with Gasteiger partial charge in [0.2, 0.25) is 15.9 Å². The summed E-state index contributed by atoms with van der Waals surface area (Å²) in [5.74, 6) is 0.0602. The van der Waals surface area contributed by atoms with Gasteiger partial charge in [-0.2, -0.15) is 0 Å². The fourth-order valence-electron chi connectivity index (χ4n) is 3.30. The van der Waals surface area contributed by atoms with Gasteiger partial charge in [0.15, 0.2) is 0 Å². The van der Waals surface area contributed by atoms with Gasteiger partial charge in [-0.3, -0.25) is 9.10 Å². The summed E-state index contributed by atoms with van der Waals surface area (Å²) in [6.45, 7) is 7.71. The standard InChI is InChI=1S/C22H30N2O3S/c1-16(2)14-21(19-11-7-6-8-12-19)23-22(25)18(4)24(28(5,26)27)20-13-9-10-17(3)15-20/h6-13,15-16,18,21H,14H2,1-5H3,(H,23,25). The Kier molecular flexibility index (Phi) is 7.24. The van der Waals surface area contributed by atoms with Gasteiger partial charge in [-0.25, -0.2) is 8.42 Å². The summed E-state index contributed by atoms with van der Waals surface area (Å²) in [6, 6.07) is 15.9. The van der Waals surface area contributed by atoms with Crippen LogP contribution in [0.4, 0.5) is 5.69 Å². The third-order valence-corrected chi connectivity index (χ3v) is 5.81. The van der Waals surface area contributed by atoms with Gasteiger partial charge in [0, 0.05) is 0 Å². The molecule has 2 unspecified atom stereocenters. The summed E-state index contributed by atoms with van der Waals surface area (Å²) in [5, 5.41) is 3.06. The van der Waals surface area contributed by atoms with Gasteiger partial charge in [0.1, 0.15) is 6.04 Å². The van der Waals surface area contributed by atoms with Crippen LogP contribution in [0.3, 0.4) is 0 Å². The van der Waals surface area contributed by atoms with Crippen molar-refractivity contribution >= 4 is 21.6 Å². The molecular formula is C22H30N2O3S. The van der Waals surface area contributed by atoms with Crippen molar-refractivity contribution in [2.75, 3.05) is 10.6 Å². The zero-order valence-corrected chi connectivity index (χ0v) is 18.0. The number of aryl methyl sites for hydroxylation is 1. The number of hydrogen-bond acceptors (Lipinski definition) is 3. The van der Waals surface area contributed by atoms with Crippen molar-refractivity contribution in [3.8, 4) is 0 Å². The molecule has 0 radical (unpaired) electrons. The maximum atomic E-state index is 13.0. The van der Waals surface area contributed by atoms with E-state index in [1.165, 1.54) is 4.31 Å². The van der Waals surface area contributed by atoms with Gasteiger partial charge in [0.05, 0.1) is 18.0 Å². The average Bonchev–Trinajstić information content (AvgIpc) is 2.60. The molecule has 2 aromatic carbocycles. The van der Waals surface area contributed by atoms with Crippen molar-refractivity contribution in [2.45, 2.75) is 46.2 Å². The van der Waals surface area contributed by atoms with Crippen LogP contribution in [0.2, 0.25) is 0 Å². The van der Waals surface area contributed by atoms with Crippen LogP contribution in [-0.4, -0.2) is 26.6 Å². The number of anilines is 1. The molecule has 0 saturated heterocycles.